The molecule has 0 spiro atoms. The number of piperidine rings is 2. The molecule has 5 nitrogen and oxygen atoms in total. The van der Waals surface area contributed by atoms with Crippen LogP contribution in [0.3, 0.4) is 0 Å². The quantitative estimate of drug-likeness (QED) is 0.758. The normalized spacial score (nSPS) is 28.0. The number of nitrogens with one attached hydrogen (secondary N) is 1. The summed E-state index contributed by atoms with van der Waals surface area (Å²) in [7, 11) is 0. The number of hydrogen-bond acceptors (Lipinski definition) is 4. The van der Waals surface area contributed by atoms with Gasteiger partial charge in [-0.3, -0.25) is 4.79 Å². The smallest absolute Gasteiger partial charge is 0.225 e. The molecule has 0 radical (unpaired) electrons. The van der Waals surface area contributed by atoms with Gasteiger partial charge in [-0.1, -0.05) is 0 Å². The number of amides is 1. The van der Waals surface area contributed by atoms with E-state index >= 15 is 0 Å². The van der Waals surface area contributed by atoms with Crippen LogP contribution in [0.1, 0.15) is 38.5 Å². The largest absolute Gasteiger partial charge is 0.396 e. The van der Waals surface area contributed by atoms with Crippen molar-refractivity contribution in [2.24, 2.45) is 11.8 Å². The molecule has 1 saturated carbocycles. The van der Waals surface area contributed by atoms with Crippen molar-refractivity contribution < 1.29 is 9.90 Å². The second kappa shape index (κ2) is 7.75. The lowest BCUT2D eigenvalue weighted by Gasteiger charge is -2.34. The Hall–Kier alpha value is -0.650. The Balaban J connectivity index is 1.29. The fourth-order valence-corrected chi connectivity index (χ4v) is 3.82. The number of nitrogens with zero attached hydrogens (tertiary/aromatic N) is 2. The first-order chi connectivity index (χ1) is 10.8. The summed E-state index contributed by atoms with van der Waals surface area (Å²) < 4.78 is 0. The van der Waals surface area contributed by atoms with E-state index in [0.717, 1.165) is 58.4 Å². The third-order valence-electron chi connectivity index (χ3n) is 5.46. The number of likely N-dealkylation sites (tertiary alicyclic amines) is 2. The maximum atomic E-state index is 12.0. The molecule has 2 saturated heterocycles. The van der Waals surface area contributed by atoms with Gasteiger partial charge in [0, 0.05) is 51.3 Å². The van der Waals surface area contributed by atoms with Crippen LogP contribution in [0.5, 0.6) is 0 Å². The van der Waals surface area contributed by atoms with Gasteiger partial charge in [0.25, 0.3) is 0 Å². The van der Waals surface area contributed by atoms with Crippen molar-refractivity contribution in [2.45, 2.75) is 44.6 Å². The lowest BCUT2D eigenvalue weighted by atomic mass is 9.99. The molecule has 0 bridgehead atoms. The van der Waals surface area contributed by atoms with Gasteiger partial charge in [0.05, 0.1) is 0 Å². The van der Waals surface area contributed by atoms with E-state index in [4.69, 9.17) is 0 Å². The first-order valence-corrected chi connectivity index (χ1v) is 9.11. The lowest BCUT2D eigenvalue weighted by Crippen LogP contribution is -2.47. The van der Waals surface area contributed by atoms with E-state index in [1.54, 1.807) is 0 Å². The highest BCUT2D eigenvalue weighted by Crippen LogP contribution is 2.31. The molecule has 0 unspecified atom stereocenters. The number of hydrogen-bond donors (Lipinski definition) is 2. The van der Waals surface area contributed by atoms with Gasteiger partial charge in [-0.2, -0.15) is 0 Å². The molecule has 2 N–H and O–H groups in total. The number of carbonyl (C=O) groups excluding carboxylic acids is 1. The average molecular weight is 309 g/mol. The van der Waals surface area contributed by atoms with E-state index in [1.807, 2.05) is 0 Å². The van der Waals surface area contributed by atoms with Gasteiger partial charge in [-0.15, -0.1) is 0 Å². The number of aliphatic hydroxyl groups is 1. The second-order valence-electron chi connectivity index (χ2n) is 7.32. The van der Waals surface area contributed by atoms with Crippen LogP contribution in [0.4, 0.5) is 0 Å². The van der Waals surface area contributed by atoms with Gasteiger partial charge in [0.2, 0.25) is 5.91 Å². The van der Waals surface area contributed by atoms with Gasteiger partial charge in [-0.05, 0) is 51.0 Å². The van der Waals surface area contributed by atoms with Crippen LogP contribution in [-0.4, -0.2) is 72.7 Å². The number of aliphatic hydroxyl groups excluding tert-OH is 1. The van der Waals surface area contributed by atoms with Crippen molar-refractivity contribution in [3.63, 3.8) is 0 Å². The first-order valence-electron chi connectivity index (χ1n) is 9.11. The predicted molar refractivity (Wildman–Crippen MR) is 86.6 cm³/mol. The Kier molecular flexibility index (Phi) is 5.71. The molecular weight excluding hydrogens is 278 g/mol. The van der Waals surface area contributed by atoms with Crippen LogP contribution in [0.25, 0.3) is 0 Å². The minimum atomic E-state index is 0.331. The molecule has 5 heteroatoms. The van der Waals surface area contributed by atoms with Crippen molar-refractivity contribution >= 4 is 5.91 Å². The molecule has 2 aliphatic heterocycles. The zero-order valence-electron chi connectivity index (χ0n) is 13.7. The van der Waals surface area contributed by atoms with Crippen molar-refractivity contribution in [3.05, 3.63) is 0 Å². The monoisotopic (exact) mass is 309 g/mol. The van der Waals surface area contributed by atoms with Crippen molar-refractivity contribution in [1.29, 1.82) is 0 Å². The van der Waals surface area contributed by atoms with E-state index in [2.05, 4.69) is 15.1 Å². The molecule has 126 valence electrons. The summed E-state index contributed by atoms with van der Waals surface area (Å²) in [6.45, 7) is 6.53. The lowest BCUT2D eigenvalue weighted by molar-refractivity contribution is -0.133. The third kappa shape index (κ3) is 4.43. The Labute approximate surface area is 134 Å². The van der Waals surface area contributed by atoms with E-state index in [9.17, 15) is 9.90 Å². The molecule has 3 aliphatic rings. The minimum absolute atomic E-state index is 0.331. The molecule has 0 aromatic rings. The van der Waals surface area contributed by atoms with Crippen LogP contribution < -0.4 is 5.32 Å². The highest BCUT2D eigenvalue weighted by atomic mass is 16.3. The van der Waals surface area contributed by atoms with Crippen LogP contribution in [-0.2, 0) is 4.79 Å². The van der Waals surface area contributed by atoms with Crippen LogP contribution in [0.2, 0.25) is 0 Å². The SMILES string of the molecule is O=C(C1CC1)N1CCC(NCCN2CCC[C@@H](CO)C2)CC1. The molecular formula is C17H31N3O2. The summed E-state index contributed by atoms with van der Waals surface area (Å²) >= 11 is 0. The average Bonchev–Trinajstić information content (AvgIpc) is 3.40. The fourth-order valence-electron chi connectivity index (χ4n) is 3.82. The molecule has 1 aliphatic carbocycles. The molecule has 22 heavy (non-hydrogen) atoms. The summed E-state index contributed by atoms with van der Waals surface area (Å²) in [4.78, 5) is 16.6. The van der Waals surface area contributed by atoms with E-state index < -0.39 is 0 Å². The molecule has 1 atom stereocenters. The van der Waals surface area contributed by atoms with E-state index in [1.165, 1.54) is 19.4 Å². The summed E-state index contributed by atoms with van der Waals surface area (Å²) in [6, 6.07) is 0.571. The van der Waals surface area contributed by atoms with Gasteiger partial charge >= 0.3 is 0 Å². The van der Waals surface area contributed by atoms with Gasteiger partial charge in [-0.25, -0.2) is 0 Å². The summed E-state index contributed by atoms with van der Waals surface area (Å²) in [5, 5.41) is 12.9. The Morgan fingerprint density at radius 1 is 1.09 bits per heavy atom. The van der Waals surface area contributed by atoms with E-state index in [-0.39, 0.29) is 0 Å². The molecule has 1 amide bonds. The summed E-state index contributed by atoms with van der Waals surface area (Å²) in [5.41, 5.74) is 0. The third-order valence-corrected chi connectivity index (χ3v) is 5.46. The summed E-state index contributed by atoms with van der Waals surface area (Å²) in [5.74, 6) is 1.25. The van der Waals surface area contributed by atoms with Gasteiger partial charge in [0.1, 0.15) is 0 Å². The zero-order chi connectivity index (χ0) is 15.4. The Bertz CT molecular complexity index is 365. The molecule has 3 fully saturated rings. The molecule has 2 heterocycles. The molecule has 0 aromatic carbocycles. The fraction of sp³-hybridized carbons (Fsp3) is 0.941. The highest BCUT2D eigenvalue weighted by molar-refractivity contribution is 5.81. The summed E-state index contributed by atoms with van der Waals surface area (Å²) in [6.07, 6.45) is 6.81. The van der Waals surface area contributed by atoms with E-state index in [0.29, 0.717) is 30.4 Å². The maximum absolute atomic E-state index is 12.0. The topological polar surface area (TPSA) is 55.8 Å². The highest BCUT2D eigenvalue weighted by Gasteiger charge is 2.34. The number of carbonyl (C=O) groups is 1. The zero-order valence-corrected chi connectivity index (χ0v) is 13.7. The van der Waals surface area contributed by atoms with Crippen molar-refractivity contribution in [1.82, 2.24) is 15.1 Å². The van der Waals surface area contributed by atoms with Gasteiger partial charge in [0.15, 0.2) is 0 Å². The van der Waals surface area contributed by atoms with Crippen molar-refractivity contribution in [3.8, 4) is 0 Å². The Morgan fingerprint density at radius 3 is 2.55 bits per heavy atom. The van der Waals surface area contributed by atoms with Gasteiger partial charge < -0.3 is 20.2 Å². The van der Waals surface area contributed by atoms with Crippen LogP contribution in [0, 0.1) is 11.8 Å². The standard InChI is InChI=1S/C17H31N3O2/c21-13-14-2-1-8-19(12-14)11-7-18-16-5-9-20(10-6-16)17(22)15-3-4-15/h14-16,18,21H,1-13H2/t14-/m1/s1. The second-order valence-corrected chi connectivity index (χ2v) is 7.32. The first kappa shape index (κ1) is 16.2. The number of rotatable bonds is 6. The minimum Gasteiger partial charge on any atom is -0.396 e. The molecule has 0 aromatic heterocycles. The predicted octanol–water partition coefficient (Wildman–Crippen LogP) is 0.681. The van der Waals surface area contributed by atoms with Crippen LogP contribution >= 0.6 is 0 Å². The Morgan fingerprint density at radius 2 is 1.86 bits per heavy atom. The van der Waals surface area contributed by atoms with Crippen molar-refractivity contribution in [2.75, 3.05) is 45.9 Å². The molecule has 3 rings (SSSR count). The maximum Gasteiger partial charge on any atom is 0.225 e. The van der Waals surface area contributed by atoms with Crippen LogP contribution in [0.15, 0.2) is 0 Å².